The van der Waals surface area contributed by atoms with Gasteiger partial charge in [-0.1, -0.05) is 0 Å². The van der Waals surface area contributed by atoms with E-state index in [2.05, 4.69) is 5.32 Å². The molecule has 12 heavy (non-hydrogen) atoms. The molecule has 1 aliphatic rings. The van der Waals surface area contributed by atoms with Gasteiger partial charge in [-0.25, -0.2) is 4.79 Å². The fourth-order valence-electron chi connectivity index (χ4n) is 1.32. The zero-order valence-corrected chi connectivity index (χ0v) is 6.70. The van der Waals surface area contributed by atoms with Crippen LogP contribution in [0.25, 0.3) is 0 Å². The predicted octanol–water partition coefficient (Wildman–Crippen LogP) is -0.899. The van der Waals surface area contributed by atoms with Crippen molar-refractivity contribution in [2.24, 2.45) is 0 Å². The van der Waals surface area contributed by atoms with E-state index in [0.717, 1.165) is 0 Å². The molecule has 1 rings (SSSR count). The topological polar surface area (TPSA) is 86.6 Å². The Balaban J connectivity index is 2.37. The maximum atomic E-state index is 10.5. The molecule has 1 amide bonds. The maximum absolute atomic E-state index is 10.5. The Morgan fingerprint density at radius 1 is 1.50 bits per heavy atom. The first-order valence-corrected chi connectivity index (χ1v) is 3.67. The van der Waals surface area contributed by atoms with Crippen LogP contribution >= 0.6 is 0 Å². The third kappa shape index (κ3) is 1.55. The van der Waals surface area contributed by atoms with E-state index in [1.807, 2.05) is 0 Å². The molecule has 5 heteroatoms. The third-order valence-electron chi connectivity index (χ3n) is 1.97. The molecule has 0 bridgehead atoms. The summed E-state index contributed by atoms with van der Waals surface area (Å²) >= 11 is 0. The van der Waals surface area contributed by atoms with Crippen molar-refractivity contribution in [2.45, 2.75) is 31.4 Å². The van der Waals surface area contributed by atoms with Crippen LogP contribution in [0.1, 0.15) is 19.8 Å². The van der Waals surface area contributed by atoms with Crippen molar-refractivity contribution in [3.63, 3.8) is 0 Å². The number of amides is 1. The zero-order valence-electron chi connectivity index (χ0n) is 6.70. The van der Waals surface area contributed by atoms with Crippen LogP contribution < -0.4 is 5.32 Å². The molecule has 0 spiro atoms. The number of rotatable bonds is 2. The first kappa shape index (κ1) is 8.99. The molecule has 0 radical (unpaired) electrons. The van der Waals surface area contributed by atoms with Crippen LogP contribution in [0, 0.1) is 0 Å². The number of carbonyl (C=O) groups is 2. The number of carboxylic acids is 1. The van der Waals surface area contributed by atoms with E-state index in [9.17, 15) is 14.7 Å². The molecular weight excluding hydrogens is 162 g/mol. The smallest absolute Gasteiger partial charge is 0.335 e. The summed E-state index contributed by atoms with van der Waals surface area (Å²) in [6, 6.07) is -0.191. The Bertz CT molecular complexity index is 219. The van der Waals surface area contributed by atoms with Gasteiger partial charge in [-0.3, -0.25) is 4.79 Å². The van der Waals surface area contributed by atoms with Crippen molar-refractivity contribution >= 4 is 11.9 Å². The summed E-state index contributed by atoms with van der Waals surface area (Å²) in [7, 11) is 0. The van der Waals surface area contributed by atoms with Crippen LogP contribution in [0.15, 0.2) is 0 Å². The van der Waals surface area contributed by atoms with Crippen molar-refractivity contribution < 1.29 is 19.8 Å². The molecule has 5 nitrogen and oxygen atoms in total. The first-order valence-electron chi connectivity index (χ1n) is 3.67. The van der Waals surface area contributed by atoms with Gasteiger partial charge in [0.05, 0.1) is 0 Å². The largest absolute Gasteiger partial charge is 0.479 e. The van der Waals surface area contributed by atoms with Crippen molar-refractivity contribution in [3.8, 4) is 0 Å². The fraction of sp³-hybridized carbons (Fsp3) is 0.714. The highest BCUT2D eigenvalue weighted by Gasteiger charge is 2.49. The van der Waals surface area contributed by atoms with Gasteiger partial charge in [-0.05, 0) is 0 Å². The SMILES string of the molecule is CC(=O)NC1CC(O)(C(=O)O)C1. The minimum Gasteiger partial charge on any atom is -0.479 e. The molecule has 1 aliphatic carbocycles. The molecule has 3 N–H and O–H groups in total. The molecule has 0 atom stereocenters. The molecule has 0 aromatic carbocycles. The summed E-state index contributed by atoms with van der Waals surface area (Å²) in [4.78, 5) is 20.9. The van der Waals surface area contributed by atoms with Crippen LogP contribution in [0.5, 0.6) is 0 Å². The lowest BCUT2D eigenvalue weighted by Crippen LogP contribution is -2.58. The average molecular weight is 173 g/mol. The van der Waals surface area contributed by atoms with E-state index < -0.39 is 11.6 Å². The number of carboxylic acid groups (broad SMARTS) is 1. The second-order valence-corrected chi connectivity index (χ2v) is 3.14. The molecule has 0 aliphatic heterocycles. The second-order valence-electron chi connectivity index (χ2n) is 3.14. The first-order chi connectivity index (χ1) is 5.44. The maximum Gasteiger partial charge on any atom is 0.335 e. The van der Waals surface area contributed by atoms with Gasteiger partial charge < -0.3 is 15.5 Å². The molecule has 0 unspecified atom stereocenters. The van der Waals surface area contributed by atoms with Gasteiger partial charge in [0.25, 0.3) is 0 Å². The van der Waals surface area contributed by atoms with E-state index in [1.165, 1.54) is 6.92 Å². The van der Waals surface area contributed by atoms with E-state index >= 15 is 0 Å². The van der Waals surface area contributed by atoms with Gasteiger partial charge in [0, 0.05) is 25.8 Å². The van der Waals surface area contributed by atoms with E-state index in [4.69, 9.17) is 5.11 Å². The Kier molecular flexibility index (Phi) is 2.06. The van der Waals surface area contributed by atoms with Gasteiger partial charge in [0.2, 0.25) is 5.91 Å². The average Bonchev–Trinajstić information content (AvgIpc) is 1.82. The molecule has 0 saturated heterocycles. The van der Waals surface area contributed by atoms with E-state index in [-0.39, 0.29) is 24.8 Å². The number of aliphatic carboxylic acids is 1. The number of nitrogens with one attached hydrogen (secondary N) is 1. The lowest BCUT2D eigenvalue weighted by molar-refractivity contribution is -0.171. The molecule has 1 fully saturated rings. The summed E-state index contributed by atoms with van der Waals surface area (Å²) < 4.78 is 0. The van der Waals surface area contributed by atoms with Gasteiger partial charge in [0.1, 0.15) is 0 Å². The van der Waals surface area contributed by atoms with Crippen LogP contribution in [-0.4, -0.2) is 33.7 Å². The summed E-state index contributed by atoms with van der Waals surface area (Å²) in [5.41, 5.74) is -1.62. The lowest BCUT2D eigenvalue weighted by Gasteiger charge is -2.40. The van der Waals surface area contributed by atoms with Gasteiger partial charge in [-0.2, -0.15) is 0 Å². The van der Waals surface area contributed by atoms with E-state index in [0.29, 0.717) is 0 Å². The van der Waals surface area contributed by atoms with E-state index in [1.54, 1.807) is 0 Å². The molecular formula is C7H11NO4. The molecule has 0 aromatic rings. The Hall–Kier alpha value is -1.10. The summed E-state index contributed by atoms with van der Waals surface area (Å²) in [6.45, 7) is 1.36. The Labute approximate surface area is 69.4 Å². The van der Waals surface area contributed by atoms with Crippen LogP contribution in [0.4, 0.5) is 0 Å². The third-order valence-corrected chi connectivity index (χ3v) is 1.97. The van der Waals surface area contributed by atoms with Crippen molar-refractivity contribution in [3.05, 3.63) is 0 Å². The number of carbonyl (C=O) groups excluding carboxylic acids is 1. The number of aliphatic hydroxyl groups is 1. The van der Waals surface area contributed by atoms with Crippen LogP contribution in [-0.2, 0) is 9.59 Å². The summed E-state index contributed by atoms with van der Waals surface area (Å²) in [5.74, 6) is -1.42. The van der Waals surface area contributed by atoms with Gasteiger partial charge in [0.15, 0.2) is 5.60 Å². The second kappa shape index (κ2) is 2.75. The zero-order chi connectivity index (χ0) is 9.35. The fourth-order valence-corrected chi connectivity index (χ4v) is 1.32. The number of hydrogen-bond donors (Lipinski definition) is 3. The highest BCUT2D eigenvalue weighted by molar-refractivity contribution is 5.80. The molecule has 0 heterocycles. The highest BCUT2D eigenvalue weighted by atomic mass is 16.4. The van der Waals surface area contributed by atoms with Crippen molar-refractivity contribution in [1.29, 1.82) is 0 Å². The van der Waals surface area contributed by atoms with Crippen LogP contribution in [0.2, 0.25) is 0 Å². The molecule has 0 aromatic heterocycles. The highest BCUT2D eigenvalue weighted by Crippen LogP contribution is 2.32. The van der Waals surface area contributed by atoms with Crippen LogP contribution in [0.3, 0.4) is 0 Å². The predicted molar refractivity (Wildman–Crippen MR) is 39.4 cm³/mol. The van der Waals surface area contributed by atoms with Crippen molar-refractivity contribution in [2.75, 3.05) is 0 Å². The summed E-state index contributed by atoms with van der Waals surface area (Å²) in [6.07, 6.45) is 0.198. The quantitative estimate of drug-likeness (QED) is 0.505. The van der Waals surface area contributed by atoms with Gasteiger partial charge >= 0.3 is 5.97 Å². The minimum absolute atomic E-state index is 0.0991. The molecule has 68 valence electrons. The monoisotopic (exact) mass is 173 g/mol. The lowest BCUT2D eigenvalue weighted by atomic mass is 9.76. The standard InChI is InChI=1S/C7H11NO4/c1-4(9)8-5-2-7(12,3-5)6(10)11/h5,12H,2-3H2,1H3,(H,8,9)(H,10,11). The Morgan fingerprint density at radius 2 is 2.00 bits per heavy atom. The summed E-state index contributed by atoms with van der Waals surface area (Å²) in [5, 5.41) is 20.2. The van der Waals surface area contributed by atoms with Crippen molar-refractivity contribution in [1.82, 2.24) is 5.32 Å². The normalized spacial score (nSPS) is 33.7. The molecule has 1 saturated carbocycles. The number of hydrogen-bond acceptors (Lipinski definition) is 3. The van der Waals surface area contributed by atoms with Gasteiger partial charge in [-0.15, -0.1) is 0 Å². The Morgan fingerprint density at radius 3 is 2.33 bits per heavy atom. The minimum atomic E-state index is -1.62.